The van der Waals surface area contributed by atoms with Crippen LogP contribution in [0.25, 0.3) is 6.08 Å². The molecule has 1 aromatic heterocycles. The molecule has 2 heterocycles. The number of thiocarbonyl (C=S) groups is 1. The Bertz CT molecular complexity index is 1280. The average molecular weight is 493 g/mol. The second-order valence-corrected chi connectivity index (χ2v) is 8.30. The predicted octanol–water partition coefficient (Wildman–Crippen LogP) is 4.37. The van der Waals surface area contributed by atoms with Crippen LogP contribution in [-0.2, 0) is 18.4 Å². The van der Waals surface area contributed by atoms with Crippen LogP contribution in [-0.4, -0.2) is 34.0 Å². The molecule has 182 valence electrons. The van der Waals surface area contributed by atoms with Crippen LogP contribution >= 0.6 is 12.2 Å². The number of hydrogen-bond donors (Lipinski definition) is 1. The molecular weight excluding hydrogens is 464 g/mol. The van der Waals surface area contributed by atoms with Crippen molar-refractivity contribution >= 4 is 35.0 Å². The molecule has 0 radical (unpaired) electrons. The smallest absolute Gasteiger partial charge is 0.281 e. The van der Waals surface area contributed by atoms with Crippen LogP contribution in [0.4, 0.5) is 5.69 Å². The van der Waals surface area contributed by atoms with Crippen LogP contribution in [0.15, 0.2) is 54.4 Å². The molecule has 4 rings (SSSR count). The summed E-state index contributed by atoms with van der Waals surface area (Å²) in [5.41, 5.74) is 3.55. The fraction of sp³-hybridized carbons (Fsp3) is 0.269. The second-order valence-electron chi connectivity index (χ2n) is 7.91. The number of nitrogens with one attached hydrogen (secondary N) is 1. The molecule has 0 saturated carbocycles. The first-order valence-electron chi connectivity index (χ1n) is 11.4. The number of anilines is 1. The molecule has 2 aromatic carbocycles. The molecule has 0 atom stereocenters. The zero-order valence-corrected chi connectivity index (χ0v) is 21.0. The summed E-state index contributed by atoms with van der Waals surface area (Å²) < 4.78 is 19.0. The Balaban J connectivity index is 1.48. The number of carbonyl (C=O) groups excluding carboxylic acids is 1. The summed E-state index contributed by atoms with van der Waals surface area (Å²) in [7, 11) is 1.81. The van der Waals surface area contributed by atoms with Crippen LogP contribution in [0.5, 0.6) is 17.2 Å². The summed E-state index contributed by atoms with van der Waals surface area (Å²) in [5, 5.41) is 7.64. The van der Waals surface area contributed by atoms with Crippen molar-refractivity contribution in [3.63, 3.8) is 0 Å². The summed E-state index contributed by atoms with van der Waals surface area (Å²) in [6, 6.07) is 13.3. The number of ether oxygens (including phenoxy) is 3. The summed E-state index contributed by atoms with van der Waals surface area (Å²) >= 11 is 5.41. The van der Waals surface area contributed by atoms with E-state index in [-0.39, 0.29) is 5.91 Å². The van der Waals surface area contributed by atoms with Gasteiger partial charge in [0.05, 0.1) is 24.6 Å². The molecule has 0 bridgehead atoms. The molecule has 1 N–H and O–H groups in total. The SMILES string of the molecule is CCOc1ccc(COc2cccc(/C=C3/NC(=S)N(c4cn(C)nc4C)C3=O)c2)cc1OCC. The van der Waals surface area contributed by atoms with Gasteiger partial charge in [-0.1, -0.05) is 18.2 Å². The molecule has 1 aliphatic rings. The van der Waals surface area contributed by atoms with Gasteiger partial charge in [0.25, 0.3) is 5.91 Å². The molecular formula is C26H28N4O4S. The zero-order valence-electron chi connectivity index (χ0n) is 20.2. The number of hydrogen-bond acceptors (Lipinski definition) is 6. The average Bonchev–Trinajstić information content (AvgIpc) is 3.30. The van der Waals surface area contributed by atoms with Gasteiger partial charge in [-0.3, -0.25) is 9.48 Å². The van der Waals surface area contributed by atoms with Crippen molar-refractivity contribution in [1.82, 2.24) is 15.1 Å². The number of amides is 1. The fourth-order valence-corrected chi connectivity index (χ4v) is 4.06. The lowest BCUT2D eigenvalue weighted by atomic mass is 10.1. The van der Waals surface area contributed by atoms with Crippen molar-refractivity contribution in [2.45, 2.75) is 27.4 Å². The molecule has 0 aliphatic carbocycles. The lowest BCUT2D eigenvalue weighted by molar-refractivity contribution is -0.113. The number of carbonyl (C=O) groups is 1. The van der Waals surface area contributed by atoms with Gasteiger partial charge in [0.1, 0.15) is 18.1 Å². The van der Waals surface area contributed by atoms with Crippen LogP contribution in [0.2, 0.25) is 0 Å². The van der Waals surface area contributed by atoms with Gasteiger partial charge in [-0.2, -0.15) is 5.10 Å². The normalized spacial score (nSPS) is 14.4. The van der Waals surface area contributed by atoms with E-state index >= 15 is 0 Å². The number of rotatable bonds is 9. The van der Waals surface area contributed by atoms with Crippen molar-refractivity contribution in [2.24, 2.45) is 7.05 Å². The van der Waals surface area contributed by atoms with Crippen molar-refractivity contribution in [1.29, 1.82) is 0 Å². The van der Waals surface area contributed by atoms with E-state index in [1.54, 1.807) is 24.0 Å². The third-order valence-electron chi connectivity index (χ3n) is 5.29. The van der Waals surface area contributed by atoms with Gasteiger partial charge in [0.15, 0.2) is 16.6 Å². The van der Waals surface area contributed by atoms with Gasteiger partial charge in [-0.15, -0.1) is 0 Å². The first-order chi connectivity index (χ1) is 16.9. The molecule has 1 amide bonds. The molecule has 9 heteroatoms. The van der Waals surface area contributed by atoms with Gasteiger partial charge >= 0.3 is 0 Å². The van der Waals surface area contributed by atoms with Crippen LogP contribution in [0.1, 0.15) is 30.7 Å². The highest BCUT2D eigenvalue weighted by Gasteiger charge is 2.33. The summed E-state index contributed by atoms with van der Waals surface area (Å²) in [6.45, 7) is 7.20. The molecule has 0 unspecified atom stereocenters. The largest absolute Gasteiger partial charge is 0.490 e. The minimum atomic E-state index is -0.227. The van der Waals surface area contributed by atoms with Crippen LogP contribution < -0.4 is 24.4 Å². The monoisotopic (exact) mass is 492 g/mol. The van der Waals surface area contributed by atoms with Gasteiger partial charge in [-0.25, -0.2) is 4.90 Å². The maximum absolute atomic E-state index is 13.1. The molecule has 1 aliphatic heterocycles. The van der Waals surface area contributed by atoms with E-state index in [2.05, 4.69) is 10.4 Å². The summed E-state index contributed by atoms with van der Waals surface area (Å²) in [5.74, 6) is 1.87. The Morgan fingerprint density at radius 3 is 2.54 bits per heavy atom. The highest BCUT2D eigenvalue weighted by molar-refractivity contribution is 7.80. The van der Waals surface area contributed by atoms with E-state index in [1.165, 1.54) is 4.90 Å². The van der Waals surface area contributed by atoms with E-state index in [9.17, 15) is 4.79 Å². The van der Waals surface area contributed by atoms with Crippen LogP contribution in [0.3, 0.4) is 0 Å². The maximum Gasteiger partial charge on any atom is 0.281 e. The molecule has 8 nitrogen and oxygen atoms in total. The van der Waals surface area contributed by atoms with Crippen molar-refractivity contribution in [3.05, 3.63) is 71.2 Å². The Hall–Kier alpha value is -3.85. The molecule has 1 saturated heterocycles. The molecule has 35 heavy (non-hydrogen) atoms. The lowest BCUT2D eigenvalue weighted by Crippen LogP contribution is -2.30. The van der Waals surface area contributed by atoms with Crippen LogP contribution in [0, 0.1) is 6.92 Å². The van der Waals surface area contributed by atoms with Crippen molar-refractivity contribution in [2.75, 3.05) is 18.1 Å². The van der Waals surface area contributed by atoms with E-state index in [0.29, 0.717) is 53.6 Å². The Morgan fingerprint density at radius 1 is 1.06 bits per heavy atom. The maximum atomic E-state index is 13.1. The third-order valence-corrected chi connectivity index (χ3v) is 5.57. The number of nitrogens with zero attached hydrogens (tertiary/aromatic N) is 3. The lowest BCUT2D eigenvalue weighted by Gasteiger charge is -2.13. The van der Waals surface area contributed by atoms with Gasteiger partial charge in [-0.05, 0) is 74.5 Å². The van der Waals surface area contributed by atoms with E-state index in [0.717, 1.165) is 16.8 Å². The van der Waals surface area contributed by atoms with Gasteiger partial charge < -0.3 is 19.5 Å². The van der Waals surface area contributed by atoms with Crippen molar-refractivity contribution < 1.29 is 19.0 Å². The van der Waals surface area contributed by atoms with Crippen molar-refractivity contribution in [3.8, 4) is 17.2 Å². The minimum Gasteiger partial charge on any atom is -0.490 e. The van der Waals surface area contributed by atoms with Gasteiger partial charge in [0, 0.05) is 13.2 Å². The summed E-state index contributed by atoms with van der Waals surface area (Å²) in [4.78, 5) is 14.5. The molecule has 3 aromatic rings. The number of benzene rings is 2. The first kappa shape index (κ1) is 24.3. The number of aryl methyl sites for hydroxylation is 2. The van der Waals surface area contributed by atoms with E-state index < -0.39 is 0 Å². The Labute approximate surface area is 210 Å². The van der Waals surface area contributed by atoms with Gasteiger partial charge in [0.2, 0.25) is 0 Å². The Kier molecular flexibility index (Phi) is 7.36. The quantitative estimate of drug-likeness (QED) is 0.351. The summed E-state index contributed by atoms with van der Waals surface area (Å²) in [6.07, 6.45) is 3.54. The highest BCUT2D eigenvalue weighted by Crippen LogP contribution is 2.29. The predicted molar refractivity (Wildman–Crippen MR) is 139 cm³/mol. The molecule has 1 fully saturated rings. The van der Waals surface area contributed by atoms with E-state index in [1.807, 2.05) is 63.2 Å². The second kappa shape index (κ2) is 10.6. The first-order valence-corrected chi connectivity index (χ1v) is 11.8. The topological polar surface area (TPSA) is 77.9 Å². The number of aromatic nitrogens is 2. The molecule has 0 spiro atoms. The fourth-order valence-electron chi connectivity index (χ4n) is 3.77. The third kappa shape index (κ3) is 5.46. The standard InChI is InChI=1S/C26H28N4O4S/c1-5-32-23-11-10-19(14-24(23)33-6-2)16-34-20-9-7-8-18(12-20)13-21-25(31)30(26(35)27-21)22-15-29(4)28-17(22)3/h7-15H,5-6,16H2,1-4H3,(H,27,35)/b21-13+. The minimum absolute atomic E-state index is 0.227. The van der Waals surface area contributed by atoms with E-state index in [4.69, 9.17) is 26.4 Å². The zero-order chi connectivity index (χ0) is 24.9. The Morgan fingerprint density at radius 2 is 1.83 bits per heavy atom. The highest BCUT2D eigenvalue weighted by atomic mass is 32.1.